The van der Waals surface area contributed by atoms with Crippen LogP contribution in [0, 0.1) is 0 Å². The minimum absolute atomic E-state index is 0.0355. The molecule has 2 heteroatoms. The minimum atomic E-state index is 0.0355. The number of hydrogen-bond acceptors (Lipinski definition) is 2. The lowest BCUT2D eigenvalue weighted by atomic mass is 9.85. The van der Waals surface area contributed by atoms with Crippen molar-refractivity contribution in [3.8, 4) is 5.75 Å². The van der Waals surface area contributed by atoms with Gasteiger partial charge in [0.2, 0.25) is 0 Å². The van der Waals surface area contributed by atoms with Crippen molar-refractivity contribution in [3.63, 3.8) is 0 Å². The van der Waals surface area contributed by atoms with E-state index in [-0.39, 0.29) is 6.04 Å². The van der Waals surface area contributed by atoms with E-state index in [4.69, 9.17) is 10.5 Å². The van der Waals surface area contributed by atoms with Crippen LogP contribution in [0.3, 0.4) is 0 Å². The summed E-state index contributed by atoms with van der Waals surface area (Å²) >= 11 is 0. The molecule has 0 amide bonds. The monoisotopic (exact) mass is 267 g/mol. The highest BCUT2D eigenvalue weighted by molar-refractivity contribution is 5.41. The Labute approximate surface area is 120 Å². The fourth-order valence-electron chi connectivity index (χ4n) is 3.04. The number of benzene rings is 2. The van der Waals surface area contributed by atoms with Crippen molar-refractivity contribution in [1.29, 1.82) is 0 Å². The molecule has 1 aliphatic heterocycles. The molecule has 0 bridgehead atoms. The van der Waals surface area contributed by atoms with Crippen LogP contribution in [0.4, 0.5) is 0 Å². The van der Waals surface area contributed by atoms with Crippen molar-refractivity contribution in [1.82, 2.24) is 0 Å². The van der Waals surface area contributed by atoms with Crippen LogP contribution in [0.5, 0.6) is 5.75 Å². The van der Waals surface area contributed by atoms with E-state index in [1.807, 2.05) is 0 Å². The second-order valence-electron chi connectivity index (χ2n) is 5.42. The SMILES string of the molecule is CCC(c1ccccc1)C(N)c1ccc2c(c1)CCO2. The van der Waals surface area contributed by atoms with Gasteiger partial charge in [0.25, 0.3) is 0 Å². The first-order valence-electron chi connectivity index (χ1n) is 7.35. The molecule has 2 unspecified atom stereocenters. The molecule has 0 fully saturated rings. The Kier molecular flexibility index (Phi) is 3.75. The molecule has 0 saturated heterocycles. The number of rotatable bonds is 4. The Morgan fingerprint density at radius 3 is 2.65 bits per heavy atom. The highest BCUT2D eigenvalue weighted by Gasteiger charge is 2.21. The Balaban J connectivity index is 1.89. The van der Waals surface area contributed by atoms with Gasteiger partial charge in [-0.05, 0) is 29.2 Å². The van der Waals surface area contributed by atoms with Crippen molar-refractivity contribution in [2.75, 3.05) is 6.61 Å². The van der Waals surface area contributed by atoms with E-state index in [9.17, 15) is 0 Å². The molecule has 1 aliphatic rings. The molecular formula is C18H21NO. The first kappa shape index (κ1) is 13.2. The smallest absolute Gasteiger partial charge is 0.122 e. The minimum Gasteiger partial charge on any atom is -0.493 e. The third-order valence-electron chi connectivity index (χ3n) is 4.20. The van der Waals surface area contributed by atoms with Gasteiger partial charge in [-0.25, -0.2) is 0 Å². The first-order chi connectivity index (χ1) is 9.79. The zero-order valence-electron chi connectivity index (χ0n) is 11.9. The lowest BCUT2D eigenvalue weighted by molar-refractivity contribution is 0.356. The highest BCUT2D eigenvalue weighted by Crippen LogP contribution is 2.34. The molecule has 0 aromatic heterocycles. The van der Waals surface area contributed by atoms with Gasteiger partial charge in [-0.3, -0.25) is 0 Å². The van der Waals surface area contributed by atoms with Crippen molar-refractivity contribution < 1.29 is 4.74 Å². The van der Waals surface area contributed by atoms with Gasteiger partial charge in [0.15, 0.2) is 0 Å². The van der Waals surface area contributed by atoms with Crippen molar-refractivity contribution >= 4 is 0 Å². The maximum atomic E-state index is 6.54. The van der Waals surface area contributed by atoms with Crippen LogP contribution in [-0.4, -0.2) is 6.61 Å². The molecule has 0 radical (unpaired) electrons. The van der Waals surface area contributed by atoms with E-state index in [0.717, 1.165) is 25.2 Å². The molecule has 2 N–H and O–H groups in total. The third-order valence-corrected chi connectivity index (χ3v) is 4.20. The molecular weight excluding hydrogens is 246 g/mol. The second-order valence-corrected chi connectivity index (χ2v) is 5.42. The largest absolute Gasteiger partial charge is 0.493 e. The molecule has 20 heavy (non-hydrogen) atoms. The van der Waals surface area contributed by atoms with Crippen molar-refractivity contribution in [3.05, 3.63) is 65.2 Å². The van der Waals surface area contributed by atoms with Gasteiger partial charge < -0.3 is 10.5 Å². The average molecular weight is 267 g/mol. The highest BCUT2D eigenvalue weighted by atomic mass is 16.5. The molecule has 3 rings (SSSR count). The van der Waals surface area contributed by atoms with Crippen LogP contribution in [-0.2, 0) is 6.42 Å². The second kappa shape index (κ2) is 5.68. The first-order valence-corrected chi connectivity index (χ1v) is 7.35. The topological polar surface area (TPSA) is 35.2 Å². The van der Waals surface area contributed by atoms with E-state index in [2.05, 4.69) is 55.5 Å². The fourth-order valence-corrected chi connectivity index (χ4v) is 3.04. The van der Waals surface area contributed by atoms with E-state index in [1.54, 1.807) is 0 Å². The molecule has 0 aliphatic carbocycles. The summed E-state index contributed by atoms with van der Waals surface area (Å²) in [5.41, 5.74) is 10.4. The summed E-state index contributed by atoms with van der Waals surface area (Å²) in [5, 5.41) is 0. The number of nitrogens with two attached hydrogens (primary N) is 1. The van der Waals surface area contributed by atoms with Crippen LogP contribution in [0.25, 0.3) is 0 Å². The zero-order valence-corrected chi connectivity index (χ0v) is 11.9. The lowest BCUT2D eigenvalue weighted by Crippen LogP contribution is -2.19. The molecule has 1 heterocycles. The molecule has 2 aromatic carbocycles. The van der Waals surface area contributed by atoms with E-state index in [0.29, 0.717) is 5.92 Å². The Hall–Kier alpha value is -1.80. The van der Waals surface area contributed by atoms with Crippen LogP contribution in [0.2, 0.25) is 0 Å². The van der Waals surface area contributed by atoms with Gasteiger partial charge in [-0.15, -0.1) is 0 Å². The van der Waals surface area contributed by atoms with Gasteiger partial charge in [-0.1, -0.05) is 49.4 Å². The summed E-state index contributed by atoms with van der Waals surface area (Å²) in [5.74, 6) is 1.38. The van der Waals surface area contributed by atoms with Crippen molar-refractivity contribution in [2.24, 2.45) is 5.73 Å². The molecule has 0 spiro atoms. The van der Waals surface area contributed by atoms with Gasteiger partial charge >= 0.3 is 0 Å². The van der Waals surface area contributed by atoms with Crippen LogP contribution >= 0.6 is 0 Å². The van der Waals surface area contributed by atoms with Crippen LogP contribution in [0.1, 0.15) is 42.0 Å². The predicted octanol–water partition coefficient (Wildman–Crippen LogP) is 3.82. The van der Waals surface area contributed by atoms with Gasteiger partial charge in [0.05, 0.1) is 6.61 Å². The third kappa shape index (κ3) is 2.44. The summed E-state index contributed by atoms with van der Waals surface area (Å²) in [6.07, 6.45) is 2.04. The van der Waals surface area contributed by atoms with E-state index in [1.165, 1.54) is 16.7 Å². The summed E-state index contributed by atoms with van der Waals surface area (Å²) in [6.45, 7) is 3.00. The number of hydrogen-bond donors (Lipinski definition) is 1. The van der Waals surface area contributed by atoms with E-state index < -0.39 is 0 Å². The summed E-state index contributed by atoms with van der Waals surface area (Å²) < 4.78 is 5.56. The quantitative estimate of drug-likeness (QED) is 0.914. The molecule has 2 atom stereocenters. The van der Waals surface area contributed by atoms with Crippen molar-refractivity contribution in [2.45, 2.75) is 31.7 Å². The predicted molar refractivity (Wildman–Crippen MR) is 82.0 cm³/mol. The van der Waals surface area contributed by atoms with Gasteiger partial charge in [0.1, 0.15) is 5.75 Å². The molecule has 104 valence electrons. The maximum absolute atomic E-state index is 6.54. The summed E-state index contributed by atoms with van der Waals surface area (Å²) in [4.78, 5) is 0. The number of fused-ring (bicyclic) bond motifs is 1. The summed E-state index contributed by atoms with van der Waals surface area (Å²) in [7, 11) is 0. The maximum Gasteiger partial charge on any atom is 0.122 e. The Bertz CT molecular complexity index is 579. The van der Waals surface area contributed by atoms with E-state index >= 15 is 0 Å². The van der Waals surface area contributed by atoms with Gasteiger partial charge in [-0.2, -0.15) is 0 Å². The Morgan fingerprint density at radius 1 is 1.10 bits per heavy atom. The standard InChI is InChI=1S/C18H21NO/c1-2-16(13-6-4-3-5-7-13)18(19)15-8-9-17-14(12-15)10-11-20-17/h3-9,12,16,18H,2,10-11,19H2,1H3. The molecule has 0 saturated carbocycles. The fraction of sp³-hybridized carbons (Fsp3) is 0.333. The average Bonchev–Trinajstić information content (AvgIpc) is 2.96. The zero-order chi connectivity index (χ0) is 13.9. The molecule has 2 nitrogen and oxygen atoms in total. The lowest BCUT2D eigenvalue weighted by Gasteiger charge is -2.24. The van der Waals surface area contributed by atoms with Crippen LogP contribution < -0.4 is 10.5 Å². The van der Waals surface area contributed by atoms with Crippen LogP contribution in [0.15, 0.2) is 48.5 Å². The normalized spacial score (nSPS) is 16.3. The number of ether oxygens (including phenoxy) is 1. The Morgan fingerprint density at radius 2 is 1.90 bits per heavy atom. The van der Waals surface area contributed by atoms with Gasteiger partial charge in [0, 0.05) is 18.4 Å². The molecule has 2 aromatic rings. The summed E-state index contributed by atoms with van der Waals surface area (Å²) in [6, 6.07) is 17.0.